The Morgan fingerprint density at radius 2 is 1.73 bits per heavy atom. The van der Waals surface area contributed by atoms with Crippen LogP contribution in [0.4, 0.5) is 20.0 Å². The van der Waals surface area contributed by atoms with Gasteiger partial charge in [0.2, 0.25) is 0 Å². The highest BCUT2D eigenvalue weighted by Gasteiger charge is 2.41. The van der Waals surface area contributed by atoms with Gasteiger partial charge in [0, 0.05) is 16.1 Å². The van der Waals surface area contributed by atoms with Crippen LogP contribution in [-0.2, 0) is 4.79 Å². The second kappa shape index (κ2) is 6.93. The summed E-state index contributed by atoms with van der Waals surface area (Å²) >= 11 is 11.7. The van der Waals surface area contributed by atoms with Crippen molar-refractivity contribution in [1.82, 2.24) is 10.2 Å². The van der Waals surface area contributed by atoms with E-state index in [1.54, 1.807) is 13.8 Å². The van der Waals surface area contributed by atoms with Gasteiger partial charge in [0.25, 0.3) is 5.91 Å². The first-order chi connectivity index (χ1) is 9.79. The molecule has 0 spiro atoms. The van der Waals surface area contributed by atoms with Crippen molar-refractivity contribution in [2.24, 2.45) is 0 Å². The molecule has 120 valence electrons. The Bertz CT molecular complexity index is 604. The van der Waals surface area contributed by atoms with Crippen LogP contribution in [0.1, 0.15) is 13.8 Å². The van der Waals surface area contributed by atoms with Crippen LogP contribution in [0.3, 0.4) is 0 Å². The Balaban J connectivity index is 0.00000242. The first-order valence-corrected chi connectivity index (χ1v) is 6.96. The van der Waals surface area contributed by atoms with E-state index in [4.69, 9.17) is 23.2 Å². The second-order valence-electron chi connectivity index (χ2n) is 4.83. The molecule has 6 nitrogen and oxygen atoms in total. The number of nitrogens with one attached hydrogen (secondary N) is 1. The topological polar surface area (TPSA) is 69.7 Å². The number of anilines is 1. The number of hydrogen-bond donors (Lipinski definition) is 1. The molecule has 22 heavy (non-hydrogen) atoms. The van der Waals surface area contributed by atoms with Gasteiger partial charge in [-0.25, -0.2) is 19.4 Å². The lowest BCUT2D eigenvalue weighted by atomic mass is 10.3. The number of rotatable bonds is 2. The molecule has 0 atom stereocenters. The number of benzene rings is 1. The number of halogens is 3. The highest BCUT2D eigenvalue weighted by molar-refractivity contribution is 6.35. The summed E-state index contributed by atoms with van der Waals surface area (Å²) in [6, 6.07) is 2.88. The summed E-state index contributed by atoms with van der Waals surface area (Å²) in [6.45, 7) is 3.20. The quantitative estimate of drug-likeness (QED) is 0.834. The van der Waals surface area contributed by atoms with Crippen molar-refractivity contribution >= 4 is 46.9 Å². The van der Waals surface area contributed by atoms with Gasteiger partial charge in [-0.2, -0.15) is 0 Å². The van der Waals surface area contributed by atoms with E-state index in [0.717, 1.165) is 9.80 Å². The highest BCUT2D eigenvalue weighted by Crippen LogP contribution is 2.28. The summed E-state index contributed by atoms with van der Waals surface area (Å²) in [5, 5.41) is 3.15. The summed E-state index contributed by atoms with van der Waals surface area (Å²) < 4.78 is 0. The van der Waals surface area contributed by atoms with Gasteiger partial charge in [-0.1, -0.05) is 23.2 Å². The van der Waals surface area contributed by atoms with Crippen LogP contribution < -0.4 is 10.2 Å². The van der Waals surface area contributed by atoms with Gasteiger partial charge in [-0.3, -0.25) is 9.50 Å². The van der Waals surface area contributed by atoms with Gasteiger partial charge < -0.3 is 5.32 Å². The third-order valence-corrected chi connectivity index (χ3v) is 3.16. The monoisotopic (exact) mass is 349 g/mol. The molecule has 0 unspecified atom stereocenters. The number of nitrogens with zero attached hydrogens (tertiary/aromatic N) is 2. The molecule has 0 bridgehead atoms. The molecule has 2 rings (SSSR count). The zero-order valence-electron chi connectivity index (χ0n) is 11.8. The minimum absolute atomic E-state index is 0. The molecule has 0 aromatic heterocycles. The van der Waals surface area contributed by atoms with Crippen molar-refractivity contribution in [3.8, 4) is 0 Å². The molecule has 1 N–H and O–H groups in total. The molecule has 0 saturated carbocycles. The van der Waals surface area contributed by atoms with Crippen LogP contribution in [0.5, 0.6) is 0 Å². The Hall–Kier alpha value is -1.86. The van der Waals surface area contributed by atoms with E-state index < -0.39 is 18.0 Å². The van der Waals surface area contributed by atoms with Crippen molar-refractivity contribution < 1.29 is 19.1 Å². The van der Waals surface area contributed by atoms with Crippen molar-refractivity contribution in [2.45, 2.75) is 19.9 Å². The first kappa shape index (κ1) is 18.2. The predicted octanol–water partition coefficient (Wildman–Crippen LogP) is 3.03. The number of urea groups is 2. The molecule has 1 aromatic rings. The average Bonchev–Trinajstić information content (AvgIpc) is 2.62. The van der Waals surface area contributed by atoms with Crippen LogP contribution in [0.15, 0.2) is 18.2 Å². The fourth-order valence-electron chi connectivity index (χ4n) is 1.91. The Morgan fingerprint density at radius 3 is 2.23 bits per heavy atom. The minimum Gasteiger partial charge on any atom is -0.335 e. The lowest BCUT2D eigenvalue weighted by molar-refractivity contribution is -0.116. The molecular weight excluding hydrogens is 336 g/mol. The zero-order valence-corrected chi connectivity index (χ0v) is 13.3. The maximum absolute atomic E-state index is 12.2. The number of carbonyl (C=O) groups excluding carboxylic acids is 3. The van der Waals surface area contributed by atoms with Crippen LogP contribution in [0, 0.1) is 0 Å². The van der Waals surface area contributed by atoms with Crippen LogP contribution in [0.25, 0.3) is 0 Å². The molecule has 1 heterocycles. The van der Waals surface area contributed by atoms with Gasteiger partial charge in [-0.15, -0.1) is 0 Å². The number of imide groups is 2. The average molecular weight is 350 g/mol. The molecule has 1 aliphatic heterocycles. The van der Waals surface area contributed by atoms with E-state index in [-0.39, 0.29) is 23.0 Å². The summed E-state index contributed by atoms with van der Waals surface area (Å²) in [5.74, 6) is -0.516. The van der Waals surface area contributed by atoms with E-state index in [1.165, 1.54) is 18.2 Å². The molecule has 0 radical (unpaired) electrons. The first-order valence-electron chi connectivity index (χ1n) is 6.20. The summed E-state index contributed by atoms with van der Waals surface area (Å²) in [6.07, 6.45) is 0. The van der Waals surface area contributed by atoms with E-state index in [0.29, 0.717) is 10.0 Å². The maximum Gasteiger partial charge on any atom is 0.340 e. The third kappa shape index (κ3) is 3.66. The van der Waals surface area contributed by atoms with Gasteiger partial charge in [-0.05, 0) is 32.0 Å². The number of carbonyl (C=O) groups is 3. The lowest BCUT2D eigenvalue weighted by Gasteiger charge is -2.18. The van der Waals surface area contributed by atoms with Gasteiger partial charge in [0.05, 0.1) is 5.69 Å². The Labute approximate surface area is 136 Å². The van der Waals surface area contributed by atoms with E-state index in [9.17, 15) is 14.4 Å². The normalized spacial score (nSPS) is 14.4. The minimum atomic E-state index is -0.725. The SMILES string of the molecule is CC(C)NC(=O)N1CC(=O)N(c2cc(Cl)cc(Cl)c2)C1=O.F. The predicted molar refractivity (Wildman–Crippen MR) is 82.2 cm³/mol. The standard InChI is InChI=1S/C13H13Cl2N3O3.FH/c1-7(2)16-12(20)17-6-11(19)18(13(17)21)10-4-8(14)3-9(15)5-10;/h3-5,7H,6H2,1-2H3,(H,16,20);1H. The van der Waals surface area contributed by atoms with E-state index in [2.05, 4.69) is 5.32 Å². The number of amides is 5. The van der Waals surface area contributed by atoms with Crippen LogP contribution >= 0.6 is 23.2 Å². The summed E-state index contributed by atoms with van der Waals surface area (Å²) in [7, 11) is 0. The van der Waals surface area contributed by atoms with Gasteiger partial charge in [0.15, 0.2) is 0 Å². The molecule has 9 heteroatoms. The van der Waals surface area contributed by atoms with Crippen LogP contribution in [0.2, 0.25) is 10.0 Å². The maximum atomic E-state index is 12.2. The Morgan fingerprint density at radius 1 is 1.18 bits per heavy atom. The molecule has 1 aromatic carbocycles. The third-order valence-electron chi connectivity index (χ3n) is 2.73. The van der Waals surface area contributed by atoms with Crippen molar-refractivity contribution in [3.05, 3.63) is 28.2 Å². The lowest BCUT2D eigenvalue weighted by Crippen LogP contribution is -2.45. The molecular formula is C13H14Cl2FN3O3. The molecule has 1 fully saturated rings. The van der Waals surface area contributed by atoms with Crippen molar-refractivity contribution in [2.75, 3.05) is 11.4 Å². The summed E-state index contributed by atoms with van der Waals surface area (Å²) in [4.78, 5) is 37.9. The smallest absolute Gasteiger partial charge is 0.335 e. The fourth-order valence-corrected chi connectivity index (χ4v) is 2.42. The van der Waals surface area contributed by atoms with Crippen molar-refractivity contribution in [1.29, 1.82) is 0 Å². The molecule has 5 amide bonds. The molecule has 1 saturated heterocycles. The zero-order chi connectivity index (χ0) is 15.7. The van der Waals surface area contributed by atoms with E-state index in [1.807, 2.05) is 0 Å². The van der Waals surface area contributed by atoms with Gasteiger partial charge >= 0.3 is 12.1 Å². The summed E-state index contributed by atoms with van der Waals surface area (Å²) in [5.41, 5.74) is 0.238. The fraction of sp³-hybridized carbons (Fsp3) is 0.308. The second-order valence-corrected chi connectivity index (χ2v) is 5.70. The molecule has 1 aliphatic rings. The van der Waals surface area contributed by atoms with Crippen molar-refractivity contribution in [3.63, 3.8) is 0 Å². The largest absolute Gasteiger partial charge is 0.340 e. The Kier molecular flexibility index (Phi) is 5.73. The highest BCUT2D eigenvalue weighted by atomic mass is 35.5. The van der Waals surface area contributed by atoms with Gasteiger partial charge in [0.1, 0.15) is 6.54 Å². The van der Waals surface area contributed by atoms with E-state index >= 15 is 0 Å². The van der Waals surface area contributed by atoms with Crippen LogP contribution in [-0.4, -0.2) is 35.5 Å². The number of hydrogen-bond acceptors (Lipinski definition) is 3. The molecule has 0 aliphatic carbocycles.